The Morgan fingerprint density at radius 1 is 1.33 bits per heavy atom. The maximum Gasteiger partial charge on any atom is 0.271 e. The first-order chi connectivity index (χ1) is 8.68. The number of aryl methyl sites for hydroxylation is 1. The van der Waals surface area contributed by atoms with Crippen LogP contribution >= 0.6 is 11.6 Å². The molecule has 0 radical (unpaired) electrons. The Morgan fingerprint density at radius 2 is 2.11 bits per heavy atom. The summed E-state index contributed by atoms with van der Waals surface area (Å²) in [5.41, 5.74) is 1.35. The smallest absolute Gasteiger partial charge is 0.271 e. The van der Waals surface area contributed by atoms with Crippen molar-refractivity contribution in [1.82, 2.24) is 19.5 Å². The summed E-state index contributed by atoms with van der Waals surface area (Å²) in [6.45, 7) is 1.85. The van der Waals surface area contributed by atoms with Crippen LogP contribution in [0.3, 0.4) is 0 Å². The molecule has 0 unspecified atom stereocenters. The number of rotatable bonds is 1. The van der Waals surface area contributed by atoms with Crippen LogP contribution < -0.4 is 5.56 Å². The highest BCUT2D eigenvalue weighted by molar-refractivity contribution is 6.32. The number of fused-ring (bicyclic) bond motifs is 1. The standard InChI is InChI=1S/C12H9ClN4O/c1-7-16-8-4-2-3-5-9(8)17(7)11-10(13)12(18)15-6-14-11/h2-6H,1H3,(H,14,15,18). The number of aromatic nitrogens is 4. The van der Waals surface area contributed by atoms with Gasteiger partial charge in [-0.05, 0) is 19.1 Å². The van der Waals surface area contributed by atoms with Crippen molar-refractivity contribution in [3.8, 4) is 5.82 Å². The predicted molar refractivity (Wildman–Crippen MR) is 69.2 cm³/mol. The summed E-state index contributed by atoms with van der Waals surface area (Å²) in [4.78, 5) is 22.5. The van der Waals surface area contributed by atoms with E-state index in [1.165, 1.54) is 6.33 Å². The van der Waals surface area contributed by atoms with Gasteiger partial charge in [0.1, 0.15) is 10.8 Å². The average molecular weight is 261 g/mol. The van der Waals surface area contributed by atoms with Gasteiger partial charge >= 0.3 is 0 Å². The number of H-pyrrole nitrogens is 1. The van der Waals surface area contributed by atoms with Gasteiger partial charge in [0.25, 0.3) is 5.56 Å². The Balaban J connectivity index is 2.42. The molecular formula is C12H9ClN4O. The minimum atomic E-state index is -0.362. The van der Waals surface area contributed by atoms with E-state index in [-0.39, 0.29) is 10.6 Å². The molecule has 0 atom stereocenters. The number of benzene rings is 1. The summed E-state index contributed by atoms with van der Waals surface area (Å²) < 4.78 is 1.77. The molecule has 0 saturated heterocycles. The lowest BCUT2D eigenvalue weighted by molar-refractivity contribution is 0.933. The van der Waals surface area contributed by atoms with Crippen LogP contribution in [0.15, 0.2) is 35.4 Å². The first-order valence-electron chi connectivity index (χ1n) is 5.36. The molecule has 2 aromatic heterocycles. The first kappa shape index (κ1) is 11.0. The Kier molecular flexibility index (Phi) is 2.41. The van der Waals surface area contributed by atoms with Crippen LogP contribution in [-0.4, -0.2) is 19.5 Å². The zero-order chi connectivity index (χ0) is 12.7. The average Bonchev–Trinajstić information content (AvgIpc) is 2.69. The summed E-state index contributed by atoms with van der Waals surface area (Å²) >= 11 is 6.00. The largest absolute Gasteiger partial charge is 0.312 e. The summed E-state index contributed by atoms with van der Waals surface area (Å²) in [5, 5.41) is 0.0590. The molecule has 3 rings (SSSR count). The van der Waals surface area contributed by atoms with Crippen molar-refractivity contribution >= 4 is 22.6 Å². The van der Waals surface area contributed by atoms with E-state index in [9.17, 15) is 4.79 Å². The zero-order valence-electron chi connectivity index (χ0n) is 9.51. The second-order valence-electron chi connectivity index (χ2n) is 3.85. The van der Waals surface area contributed by atoms with E-state index in [1.54, 1.807) is 4.57 Å². The van der Waals surface area contributed by atoms with Crippen molar-refractivity contribution in [3.05, 3.63) is 51.8 Å². The van der Waals surface area contributed by atoms with Gasteiger partial charge in [-0.2, -0.15) is 0 Å². The van der Waals surface area contributed by atoms with Crippen LogP contribution in [0.2, 0.25) is 5.02 Å². The molecule has 0 fully saturated rings. The second-order valence-corrected chi connectivity index (χ2v) is 4.23. The summed E-state index contributed by atoms with van der Waals surface area (Å²) in [5.74, 6) is 1.13. The van der Waals surface area contributed by atoms with Crippen LogP contribution in [0.1, 0.15) is 5.82 Å². The highest BCUT2D eigenvalue weighted by atomic mass is 35.5. The van der Waals surface area contributed by atoms with Gasteiger partial charge in [0.2, 0.25) is 0 Å². The quantitative estimate of drug-likeness (QED) is 0.728. The van der Waals surface area contributed by atoms with E-state index in [0.717, 1.165) is 16.9 Å². The maximum absolute atomic E-state index is 11.5. The van der Waals surface area contributed by atoms with Crippen LogP contribution in [-0.2, 0) is 0 Å². The Hall–Kier alpha value is -2.14. The van der Waals surface area contributed by atoms with Gasteiger partial charge in [-0.15, -0.1) is 0 Å². The zero-order valence-corrected chi connectivity index (χ0v) is 10.3. The summed E-state index contributed by atoms with van der Waals surface area (Å²) in [6.07, 6.45) is 1.33. The summed E-state index contributed by atoms with van der Waals surface area (Å²) in [7, 11) is 0. The molecule has 6 heteroatoms. The molecule has 0 amide bonds. The van der Waals surface area contributed by atoms with E-state index >= 15 is 0 Å². The Morgan fingerprint density at radius 3 is 2.94 bits per heavy atom. The normalized spacial score (nSPS) is 11.0. The minimum absolute atomic E-state index is 0.0590. The summed E-state index contributed by atoms with van der Waals surface area (Å²) in [6, 6.07) is 7.63. The topological polar surface area (TPSA) is 63.6 Å². The van der Waals surface area contributed by atoms with Gasteiger partial charge in [0.15, 0.2) is 5.82 Å². The molecule has 3 aromatic rings. The highest BCUT2D eigenvalue weighted by Gasteiger charge is 2.14. The molecule has 1 aromatic carbocycles. The van der Waals surface area contributed by atoms with Crippen molar-refractivity contribution < 1.29 is 0 Å². The Bertz CT molecular complexity index is 790. The number of imidazole rings is 1. The molecule has 18 heavy (non-hydrogen) atoms. The fourth-order valence-electron chi connectivity index (χ4n) is 1.94. The van der Waals surface area contributed by atoms with E-state index in [0.29, 0.717) is 5.82 Å². The molecule has 5 nitrogen and oxygen atoms in total. The third-order valence-corrected chi connectivity index (χ3v) is 3.06. The van der Waals surface area contributed by atoms with Gasteiger partial charge < -0.3 is 4.98 Å². The van der Waals surface area contributed by atoms with Gasteiger partial charge in [-0.25, -0.2) is 9.97 Å². The fourth-order valence-corrected chi connectivity index (χ4v) is 2.13. The van der Waals surface area contributed by atoms with Gasteiger partial charge in [-0.3, -0.25) is 9.36 Å². The molecule has 0 aliphatic carbocycles. The molecule has 0 spiro atoms. The van der Waals surface area contributed by atoms with Crippen molar-refractivity contribution in [2.45, 2.75) is 6.92 Å². The molecule has 2 heterocycles. The van der Waals surface area contributed by atoms with Crippen LogP contribution in [0.25, 0.3) is 16.9 Å². The number of hydrogen-bond donors (Lipinski definition) is 1. The van der Waals surface area contributed by atoms with E-state index in [2.05, 4.69) is 15.0 Å². The van der Waals surface area contributed by atoms with Crippen LogP contribution in [0.5, 0.6) is 0 Å². The second kappa shape index (κ2) is 3.96. The lowest BCUT2D eigenvalue weighted by Gasteiger charge is -2.06. The number of para-hydroxylation sites is 2. The van der Waals surface area contributed by atoms with E-state index in [4.69, 9.17) is 11.6 Å². The van der Waals surface area contributed by atoms with Crippen molar-refractivity contribution in [1.29, 1.82) is 0 Å². The first-order valence-corrected chi connectivity index (χ1v) is 5.74. The molecule has 1 N–H and O–H groups in total. The SMILES string of the molecule is Cc1nc2ccccc2n1-c1nc[nH]c(=O)c1Cl. The third-order valence-electron chi connectivity index (χ3n) is 2.72. The molecule has 0 aliphatic heterocycles. The van der Waals surface area contributed by atoms with Gasteiger partial charge in [-0.1, -0.05) is 23.7 Å². The van der Waals surface area contributed by atoms with E-state index < -0.39 is 0 Å². The molecule has 0 bridgehead atoms. The van der Waals surface area contributed by atoms with E-state index in [1.807, 2.05) is 31.2 Å². The lowest BCUT2D eigenvalue weighted by atomic mass is 10.3. The predicted octanol–water partition coefficient (Wildman–Crippen LogP) is 2.07. The van der Waals surface area contributed by atoms with Crippen molar-refractivity contribution in [3.63, 3.8) is 0 Å². The van der Waals surface area contributed by atoms with Crippen molar-refractivity contribution in [2.75, 3.05) is 0 Å². The van der Waals surface area contributed by atoms with Gasteiger partial charge in [0, 0.05) is 0 Å². The fraction of sp³-hybridized carbons (Fsp3) is 0.0833. The number of nitrogens with one attached hydrogen (secondary N) is 1. The molecule has 90 valence electrons. The number of nitrogens with zero attached hydrogens (tertiary/aromatic N) is 3. The lowest BCUT2D eigenvalue weighted by Crippen LogP contribution is -2.12. The van der Waals surface area contributed by atoms with Crippen LogP contribution in [0, 0.1) is 6.92 Å². The molecular weight excluding hydrogens is 252 g/mol. The van der Waals surface area contributed by atoms with Crippen molar-refractivity contribution in [2.24, 2.45) is 0 Å². The monoisotopic (exact) mass is 260 g/mol. The number of halogens is 1. The number of aromatic amines is 1. The molecule has 0 aliphatic rings. The maximum atomic E-state index is 11.5. The highest BCUT2D eigenvalue weighted by Crippen LogP contribution is 2.22. The molecule has 0 saturated carbocycles. The minimum Gasteiger partial charge on any atom is -0.312 e. The van der Waals surface area contributed by atoms with Crippen LogP contribution in [0.4, 0.5) is 0 Å². The third kappa shape index (κ3) is 1.52. The van der Waals surface area contributed by atoms with Gasteiger partial charge in [0.05, 0.1) is 17.4 Å². The Labute approximate surface area is 107 Å². The number of hydrogen-bond acceptors (Lipinski definition) is 3.